The first-order valence-corrected chi connectivity index (χ1v) is 11.7. The second-order valence-corrected chi connectivity index (χ2v) is 9.19. The van der Waals surface area contributed by atoms with Gasteiger partial charge < -0.3 is 8.92 Å². The third-order valence-electron chi connectivity index (χ3n) is 4.22. The molecular weight excluding hydrogens is 481 g/mol. The van der Waals surface area contributed by atoms with Crippen LogP contribution in [0.1, 0.15) is 18.1 Å². The lowest BCUT2D eigenvalue weighted by Gasteiger charge is -2.14. The highest BCUT2D eigenvalue weighted by Crippen LogP contribution is 2.38. The molecular formula is C22H18Cl3NO4S. The van der Waals surface area contributed by atoms with Gasteiger partial charge >= 0.3 is 10.1 Å². The Morgan fingerprint density at radius 3 is 2.39 bits per heavy atom. The van der Waals surface area contributed by atoms with E-state index in [9.17, 15) is 8.42 Å². The topological polar surface area (TPSA) is 65.0 Å². The van der Waals surface area contributed by atoms with Crippen molar-refractivity contribution in [3.63, 3.8) is 0 Å². The average molecular weight is 499 g/mol. The van der Waals surface area contributed by atoms with E-state index < -0.39 is 10.1 Å². The number of halogens is 3. The van der Waals surface area contributed by atoms with Crippen LogP contribution >= 0.6 is 34.8 Å². The summed E-state index contributed by atoms with van der Waals surface area (Å²) in [4.78, 5) is 4.39. The number of hydrogen-bond donors (Lipinski definition) is 0. The average Bonchev–Trinajstić information content (AvgIpc) is 2.72. The van der Waals surface area contributed by atoms with Gasteiger partial charge in [-0.15, -0.1) is 0 Å². The van der Waals surface area contributed by atoms with Gasteiger partial charge in [0, 0.05) is 16.3 Å². The molecule has 0 spiro atoms. The highest BCUT2D eigenvalue weighted by molar-refractivity contribution is 7.87. The van der Waals surface area contributed by atoms with Crippen molar-refractivity contribution in [2.45, 2.75) is 18.7 Å². The minimum Gasteiger partial charge on any atom is -0.490 e. The van der Waals surface area contributed by atoms with E-state index in [2.05, 4.69) is 4.99 Å². The quantitative estimate of drug-likeness (QED) is 0.263. The van der Waals surface area contributed by atoms with Crippen molar-refractivity contribution in [1.29, 1.82) is 0 Å². The molecule has 0 aliphatic carbocycles. The van der Waals surface area contributed by atoms with Gasteiger partial charge in [0.15, 0.2) is 5.75 Å². The fourth-order valence-corrected chi connectivity index (χ4v) is 4.20. The molecule has 0 amide bonds. The Hall–Kier alpha value is -2.25. The SMILES string of the molecule is CCOc1cc(C=Nc2cccc(Cl)c2C)cc(Cl)c1OS(=O)(=O)c1ccc(Cl)cc1. The molecule has 0 N–H and O–H groups in total. The predicted molar refractivity (Wildman–Crippen MR) is 125 cm³/mol. The van der Waals surface area contributed by atoms with Crippen LogP contribution < -0.4 is 8.92 Å². The summed E-state index contributed by atoms with van der Waals surface area (Å²) in [7, 11) is -4.14. The van der Waals surface area contributed by atoms with Crippen molar-refractivity contribution in [2.75, 3.05) is 6.61 Å². The van der Waals surface area contributed by atoms with E-state index in [0.717, 1.165) is 5.56 Å². The van der Waals surface area contributed by atoms with Crippen molar-refractivity contribution < 1.29 is 17.3 Å². The fourth-order valence-electron chi connectivity index (χ4n) is 2.65. The molecule has 3 rings (SSSR count). The second-order valence-electron chi connectivity index (χ2n) is 6.40. The first-order chi connectivity index (χ1) is 14.7. The van der Waals surface area contributed by atoms with Gasteiger partial charge in [0.2, 0.25) is 5.75 Å². The van der Waals surface area contributed by atoms with E-state index in [4.69, 9.17) is 43.7 Å². The monoisotopic (exact) mass is 497 g/mol. The Morgan fingerprint density at radius 2 is 1.71 bits per heavy atom. The smallest absolute Gasteiger partial charge is 0.339 e. The number of benzene rings is 3. The minimum absolute atomic E-state index is 0.0579. The molecule has 0 unspecified atom stereocenters. The van der Waals surface area contributed by atoms with Gasteiger partial charge in [-0.05, 0) is 73.5 Å². The molecule has 31 heavy (non-hydrogen) atoms. The van der Waals surface area contributed by atoms with Gasteiger partial charge in [0.25, 0.3) is 0 Å². The van der Waals surface area contributed by atoms with Crippen molar-refractivity contribution in [3.8, 4) is 11.5 Å². The lowest BCUT2D eigenvalue weighted by atomic mass is 10.2. The van der Waals surface area contributed by atoms with Gasteiger partial charge in [-0.2, -0.15) is 8.42 Å². The fraction of sp³-hybridized carbons (Fsp3) is 0.136. The standard InChI is InChI=1S/C22H18Cl3NO4S/c1-3-29-21-12-15(13-26-20-6-4-5-18(24)14(20)2)11-19(25)22(21)30-31(27,28)17-9-7-16(23)8-10-17/h4-13H,3H2,1-2H3. The molecule has 9 heteroatoms. The third kappa shape index (κ3) is 5.71. The van der Waals surface area contributed by atoms with Gasteiger partial charge in [-0.25, -0.2) is 0 Å². The molecule has 3 aromatic rings. The normalized spacial score (nSPS) is 11.6. The van der Waals surface area contributed by atoms with Crippen LogP contribution in [0.4, 0.5) is 5.69 Å². The van der Waals surface area contributed by atoms with Crippen LogP contribution in [0.5, 0.6) is 11.5 Å². The maximum atomic E-state index is 12.7. The van der Waals surface area contributed by atoms with Crippen LogP contribution in [0.3, 0.4) is 0 Å². The zero-order chi connectivity index (χ0) is 22.6. The number of aliphatic imine (C=N–C) groups is 1. The largest absolute Gasteiger partial charge is 0.490 e. The summed E-state index contributed by atoms with van der Waals surface area (Å²) in [6, 6.07) is 14.2. The summed E-state index contributed by atoms with van der Waals surface area (Å²) < 4.78 is 36.2. The molecule has 0 aliphatic heterocycles. The molecule has 0 aromatic heterocycles. The highest BCUT2D eigenvalue weighted by atomic mass is 35.5. The molecule has 0 saturated heterocycles. The van der Waals surface area contributed by atoms with E-state index in [1.807, 2.05) is 13.0 Å². The van der Waals surface area contributed by atoms with Crippen LogP contribution in [0.25, 0.3) is 0 Å². The van der Waals surface area contributed by atoms with Crippen LogP contribution in [0.15, 0.2) is 64.5 Å². The third-order valence-corrected chi connectivity index (χ3v) is 6.40. The molecule has 3 aromatic carbocycles. The van der Waals surface area contributed by atoms with E-state index >= 15 is 0 Å². The summed E-state index contributed by atoms with van der Waals surface area (Å²) in [6.07, 6.45) is 1.59. The summed E-state index contributed by atoms with van der Waals surface area (Å²) >= 11 is 18.3. The Bertz CT molecular complexity index is 1230. The molecule has 0 bridgehead atoms. The molecule has 162 valence electrons. The first-order valence-electron chi connectivity index (χ1n) is 9.17. The number of ether oxygens (including phenoxy) is 1. The van der Waals surface area contributed by atoms with E-state index in [1.54, 1.807) is 37.4 Å². The summed E-state index contributed by atoms with van der Waals surface area (Å²) in [5.41, 5.74) is 2.14. The molecule has 0 heterocycles. The van der Waals surface area contributed by atoms with Crippen molar-refractivity contribution >= 4 is 56.8 Å². The Morgan fingerprint density at radius 1 is 1.00 bits per heavy atom. The number of nitrogens with zero attached hydrogens (tertiary/aromatic N) is 1. The highest BCUT2D eigenvalue weighted by Gasteiger charge is 2.22. The molecule has 0 atom stereocenters. The molecule has 0 saturated carbocycles. The van der Waals surface area contributed by atoms with Crippen LogP contribution in [-0.4, -0.2) is 21.2 Å². The predicted octanol–water partition coefficient (Wildman–Crippen LogP) is 6.87. The maximum Gasteiger partial charge on any atom is 0.339 e. The van der Waals surface area contributed by atoms with E-state index in [1.165, 1.54) is 24.3 Å². The Kier molecular flexibility index (Phi) is 7.49. The van der Waals surface area contributed by atoms with Crippen molar-refractivity contribution in [2.24, 2.45) is 4.99 Å². The van der Waals surface area contributed by atoms with Crippen molar-refractivity contribution in [1.82, 2.24) is 0 Å². The molecule has 0 aliphatic rings. The van der Waals surface area contributed by atoms with Gasteiger partial charge in [0.05, 0.1) is 17.3 Å². The molecule has 0 fully saturated rings. The Labute approximate surface area is 196 Å². The zero-order valence-corrected chi connectivity index (χ0v) is 19.7. The second kappa shape index (κ2) is 9.92. The van der Waals surface area contributed by atoms with Crippen molar-refractivity contribution in [3.05, 3.63) is 80.8 Å². The number of rotatable bonds is 7. The Balaban J connectivity index is 1.96. The van der Waals surface area contributed by atoms with Gasteiger partial charge in [-0.3, -0.25) is 4.99 Å². The van der Waals surface area contributed by atoms with Crippen LogP contribution in [0.2, 0.25) is 15.1 Å². The minimum atomic E-state index is -4.14. The van der Waals surface area contributed by atoms with E-state index in [0.29, 0.717) is 21.3 Å². The lowest BCUT2D eigenvalue weighted by molar-refractivity contribution is 0.327. The summed E-state index contributed by atoms with van der Waals surface area (Å²) in [5, 5.41) is 1.08. The molecule has 5 nitrogen and oxygen atoms in total. The van der Waals surface area contributed by atoms with Crippen LogP contribution in [-0.2, 0) is 10.1 Å². The lowest BCUT2D eigenvalue weighted by Crippen LogP contribution is -2.11. The molecule has 0 radical (unpaired) electrons. The van der Waals surface area contributed by atoms with E-state index in [-0.39, 0.29) is 28.0 Å². The number of hydrogen-bond acceptors (Lipinski definition) is 5. The van der Waals surface area contributed by atoms with Gasteiger partial charge in [0.1, 0.15) is 4.90 Å². The zero-order valence-electron chi connectivity index (χ0n) is 16.6. The first kappa shape index (κ1) is 23.4. The summed E-state index contributed by atoms with van der Waals surface area (Å²) in [6.45, 7) is 3.91. The van der Waals surface area contributed by atoms with Crippen LogP contribution in [0, 0.1) is 6.92 Å². The van der Waals surface area contributed by atoms with Gasteiger partial charge in [-0.1, -0.05) is 40.9 Å². The summed E-state index contributed by atoms with van der Waals surface area (Å²) in [5.74, 6) is 0.0753. The maximum absolute atomic E-state index is 12.7.